The molecule has 4 fully saturated rings. The molecule has 102 valence electrons. The number of hydrogen-bond acceptors (Lipinski definition) is 3. The highest BCUT2D eigenvalue weighted by Crippen LogP contribution is 2.61. The third kappa shape index (κ3) is 2.07. The number of ether oxygens (including phenoxy) is 1. The Balaban J connectivity index is 1.70. The largest absolute Gasteiger partial charge is 0.465 e. The van der Waals surface area contributed by atoms with E-state index in [0.717, 1.165) is 32.1 Å². The molecule has 0 heterocycles. The summed E-state index contributed by atoms with van der Waals surface area (Å²) in [6.07, 6.45) is 6.38. The van der Waals surface area contributed by atoms with Crippen molar-refractivity contribution in [2.45, 2.75) is 58.0 Å². The van der Waals surface area contributed by atoms with Crippen LogP contribution < -0.4 is 0 Å². The Bertz CT molecular complexity index is 347. The second-order valence-corrected chi connectivity index (χ2v) is 7.45. The minimum absolute atomic E-state index is 0.0537. The minimum Gasteiger partial charge on any atom is -0.465 e. The fraction of sp³-hybridized carbons (Fsp3) is 0.933. The standard InChI is InChI=1S/C15H24O3/c1-10(2)13(16)18-9-14-4-11-3-12(5-14)7-15(17,6-11)8-14/h10-12,17H,3-9H2,1-2H3. The van der Waals surface area contributed by atoms with Crippen molar-refractivity contribution in [1.29, 1.82) is 0 Å². The van der Waals surface area contributed by atoms with Crippen molar-refractivity contribution in [3.63, 3.8) is 0 Å². The summed E-state index contributed by atoms with van der Waals surface area (Å²) in [6.45, 7) is 4.27. The van der Waals surface area contributed by atoms with Crippen LogP contribution in [0.2, 0.25) is 0 Å². The molecule has 0 aliphatic heterocycles. The molecule has 0 aromatic rings. The average Bonchev–Trinajstić information content (AvgIpc) is 2.22. The van der Waals surface area contributed by atoms with Crippen molar-refractivity contribution in [2.75, 3.05) is 6.61 Å². The Hall–Kier alpha value is -0.570. The van der Waals surface area contributed by atoms with Crippen LogP contribution in [0, 0.1) is 23.2 Å². The second-order valence-electron chi connectivity index (χ2n) is 7.45. The molecule has 4 aliphatic rings. The summed E-state index contributed by atoms with van der Waals surface area (Å²) in [7, 11) is 0. The fourth-order valence-corrected chi connectivity index (χ4v) is 4.96. The third-order valence-electron chi connectivity index (χ3n) is 5.14. The van der Waals surface area contributed by atoms with E-state index in [1.54, 1.807) is 0 Å². The molecule has 4 aliphatic carbocycles. The van der Waals surface area contributed by atoms with Gasteiger partial charge in [-0.1, -0.05) is 13.8 Å². The molecule has 2 atom stereocenters. The van der Waals surface area contributed by atoms with Gasteiger partial charge in [-0.15, -0.1) is 0 Å². The first-order valence-corrected chi connectivity index (χ1v) is 7.29. The highest BCUT2D eigenvalue weighted by Gasteiger charge is 2.57. The van der Waals surface area contributed by atoms with Crippen molar-refractivity contribution in [3.05, 3.63) is 0 Å². The molecular weight excluding hydrogens is 228 g/mol. The molecule has 4 rings (SSSR count). The summed E-state index contributed by atoms with van der Waals surface area (Å²) in [6, 6.07) is 0. The molecule has 4 bridgehead atoms. The Morgan fingerprint density at radius 3 is 2.39 bits per heavy atom. The van der Waals surface area contributed by atoms with Crippen molar-refractivity contribution >= 4 is 5.97 Å². The molecule has 0 aromatic heterocycles. The monoisotopic (exact) mass is 252 g/mol. The maximum Gasteiger partial charge on any atom is 0.308 e. The molecule has 3 heteroatoms. The number of esters is 1. The van der Waals surface area contributed by atoms with E-state index in [-0.39, 0.29) is 17.3 Å². The highest BCUT2D eigenvalue weighted by molar-refractivity contribution is 5.71. The van der Waals surface area contributed by atoms with Gasteiger partial charge in [-0.25, -0.2) is 0 Å². The quantitative estimate of drug-likeness (QED) is 0.785. The first-order chi connectivity index (χ1) is 8.40. The summed E-state index contributed by atoms with van der Waals surface area (Å²) in [4.78, 5) is 11.6. The zero-order chi connectivity index (χ0) is 13.0. The molecule has 4 saturated carbocycles. The maximum atomic E-state index is 11.6. The van der Waals surface area contributed by atoms with Gasteiger partial charge in [-0.2, -0.15) is 0 Å². The van der Waals surface area contributed by atoms with Crippen LogP contribution >= 0.6 is 0 Å². The molecule has 3 nitrogen and oxygen atoms in total. The van der Waals surface area contributed by atoms with Gasteiger partial charge in [0, 0.05) is 5.41 Å². The van der Waals surface area contributed by atoms with Crippen LogP contribution in [-0.2, 0) is 9.53 Å². The normalized spacial score (nSPS) is 45.6. The molecule has 1 N–H and O–H groups in total. The van der Waals surface area contributed by atoms with Gasteiger partial charge in [0.05, 0.1) is 18.1 Å². The number of carbonyl (C=O) groups excluding carboxylic acids is 1. The Morgan fingerprint density at radius 1 is 1.28 bits per heavy atom. The highest BCUT2D eigenvalue weighted by atomic mass is 16.5. The van der Waals surface area contributed by atoms with Crippen molar-refractivity contribution in [3.8, 4) is 0 Å². The molecule has 2 unspecified atom stereocenters. The Labute approximate surface area is 109 Å². The zero-order valence-electron chi connectivity index (χ0n) is 11.4. The predicted molar refractivity (Wildman–Crippen MR) is 67.9 cm³/mol. The zero-order valence-corrected chi connectivity index (χ0v) is 11.4. The van der Waals surface area contributed by atoms with Crippen LogP contribution in [0.4, 0.5) is 0 Å². The minimum atomic E-state index is -0.450. The van der Waals surface area contributed by atoms with Crippen LogP contribution in [-0.4, -0.2) is 23.3 Å². The van der Waals surface area contributed by atoms with Gasteiger partial charge in [-0.3, -0.25) is 4.79 Å². The van der Waals surface area contributed by atoms with Crippen LogP contribution in [0.5, 0.6) is 0 Å². The fourth-order valence-electron chi connectivity index (χ4n) is 4.96. The molecule has 18 heavy (non-hydrogen) atoms. The molecule has 0 radical (unpaired) electrons. The van der Waals surface area contributed by atoms with Crippen molar-refractivity contribution in [1.82, 2.24) is 0 Å². The Morgan fingerprint density at radius 2 is 1.89 bits per heavy atom. The van der Waals surface area contributed by atoms with E-state index >= 15 is 0 Å². The van der Waals surface area contributed by atoms with Gasteiger partial charge in [0.1, 0.15) is 0 Å². The van der Waals surface area contributed by atoms with Gasteiger partial charge < -0.3 is 9.84 Å². The van der Waals surface area contributed by atoms with Crippen LogP contribution in [0.25, 0.3) is 0 Å². The first-order valence-electron chi connectivity index (χ1n) is 7.29. The summed E-state index contributed by atoms with van der Waals surface area (Å²) in [5, 5.41) is 10.6. The molecule has 0 aromatic carbocycles. The summed E-state index contributed by atoms with van der Waals surface area (Å²) < 4.78 is 5.48. The van der Waals surface area contributed by atoms with E-state index in [0.29, 0.717) is 18.4 Å². The lowest BCUT2D eigenvalue weighted by atomic mass is 9.48. The number of carbonyl (C=O) groups is 1. The summed E-state index contributed by atoms with van der Waals surface area (Å²) in [5.74, 6) is 1.17. The molecule has 0 amide bonds. The predicted octanol–water partition coefficient (Wildman–Crippen LogP) is 2.52. The molecular formula is C15H24O3. The van der Waals surface area contributed by atoms with Gasteiger partial charge in [0.25, 0.3) is 0 Å². The summed E-state index contributed by atoms with van der Waals surface area (Å²) in [5.41, 5.74) is -0.363. The average molecular weight is 252 g/mol. The maximum absolute atomic E-state index is 11.6. The van der Waals surface area contributed by atoms with E-state index in [1.165, 1.54) is 6.42 Å². The van der Waals surface area contributed by atoms with Gasteiger partial charge in [0.15, 0.2) is 0 Å². The van der Waals surface area contributed by atoms with Gasteiger partial charge in [-0.05, 0) is 50.4 Å². The number of aliphatic hydroxyl groups is 1. The smallest absolute Gasteiger partial charge is 0.308 e. The van der Waals surface area contributed by atoms with Gasteiger partial charge in [0.2, 0.25) is 0 Å². The molecule has 0 saturated heterocycles. The van der Waals surface area contributed by atoms with E-state index in [4.69, 9.17) is 4.74 Å². The van der Waals surface area contributed by atoms with E-state index in [1.807, 2.05) is 13.8 Å². The number of rotatable bonds is 3. The second kappa shape index (κ2) is 3.96. The third-order valence-corrected chi connectivity index (χ3v) is 5.14. The van der Waals surface area contributed by atoms with Crippen molar-refractivity contribution < 1.29 is 14.6 Å². The van der Waals surface area contributed by atoms with Crippen LogP contribution in [0.3, 0.4) is 0 Å². The number of hydrogen-bond donors (Lipinski definition) is 1. The Kier molecular flexibility index (Phi) is 2.74. The van der Waals surface area contributed by atoms with E-state index in [9.17, 15) is 9.90 Å². The lowest BCUT2D eigenvalue weighted by molar-refractivity contribution is -0.188. The van der Waals surface area contributed by atoms with E-state index in [2.05, 4.69) is 0 Å². The van der Waals surface area contributed by atoms with Crippen molar-refractivity contribution in [2.24, 2.45) is 23.2 Å². The lowest BCUT2D eigenvalue weighted by Gasteiger charge is -2.59. The van der Waals surface area contributed by atoms with E-state index < -0.39 is 5.60 Å². The van der Waals surface area contributed by atoms with Crippen LogP contribution in [0.1, 0.15) is 52.4 Å². The van der Waals surface area contributed by atoms with Gasteiger partial charge >= 0.3 is 5.97 Å². The summed E-state index contributed by atoms with van der Waals surface area (Å²) >= 11 is 0. The first kappa shape index (κ1) is 12.5. The van der Waals surface area contributed by atoms with Crippen LogP contribution in [0.15, 0.2) is 0 Å². The SMILES string of the molecule is CC(C)C(=O)OCC12CC3CC(CC(O)(C3)C1)C2. The lowest BCUT2D eigenvalue weighted by Crippen LogP contribution is -2.57. The topological polar surface area (TPSA) is 46.5 Å². The molecule has 0 spiro atoms.